The van der Waals surface area contributed by atoms with E-state index in [1.54, 1.807) is 0 Å². The summed E-state index contributed by atoms with van der Waals surface area (Å²) in [6.45, 7) is 11.3. The maximum atomic E-state index is 6.09. The Balaban J connectivity index is 0.000000728. The molecule has 0 saturated heterocycles. The van der Waals surface area contributed by atoms with Crippen LogP contribution in [0.25, 0.3) is 10.9 Å². The topological polar surface area (TPSA) is 27.8 Å². The van der Waals surface area contributed by atoms with Crippen molar-refractivity contribution in [3.63, 3.8) is 0 Å². The number of thiocarbonyl (C=S) groups is 1. The highest BCUT2D eigenvalue weighted by Crippen LogP contribution is 2.33. The van der Waals surface area contributed by atoms with Crippen molar-refractivity contribution in [2.24, 2.45) is 0 Å². The average molecular weight is 355 g/mol. The van der Waals surface area contributed by atoms with Gasteiger partial charge < -0.3 is 10.3 Å². The van der Waals surface area contributed by atoms with E-state index in [-0.39, 0.29) is 0 Å². The molecule has 130 valence electrons. The van der Waals surface area contributed by atoms with Crippen LogP contribution in [-0.2, 0) is 6.42 Å². The van der Waals surface area contributed by atoms with E-state index in [1.807, 2.05) is 33.8 Å². The largest absolute Gasteiger partial charge is 0.357 e. The van der Waals surface area contributed by atoms with Gasteiger partial charge >= 0.3 is 0 Å². The molecule has 0 aliphatic carbocycles. The molecule has 1 aliphatic heterocycles. The Morgan fingerprint density at radius 2 is 1.87 bits per heavy atom. The first kappa shape index (κ1) is 22.1. The van der Waals surface area contributed by atoms with E-state index in [0.29, 0.717) is 6.04 Å². The van der Waals surface area contributed by atoms with Crippen LogP contribution in [0, 0.1) is 0 Å². The van der Waals surface area contributed by atoms with Crippen LogP contribution < -0.4 is 5.32 Å². The zero-order valence-corrected chi connectivity index (χ0v) is 16.7. The molecule has 3 rings (SSSR count). The van der Waals surface area contributed by atoms with Crippen molar-refractivity contribution >= 4 is 40.6 Å². The Hall–Kier alpha value is -0.900. The molecular formula is C19H31ClN2S. The molecule has 1 unspecified atom stereocenters. The summed E-state index contributed by atoms with van der Waals surface area (Å²) in [7, 11) is 0. The van der Waals surface area contributed by atoms with Crippen LogP contribution in [0.2, 0.25) is 5.02 Å². The summed E-state index contributed by atoms with van der Waals surface area (Å²) in [4.78, 5) is 3.56. The van der Waals surface area contributed by atoms with Gasteiger partial charge in [-0.2, -0.15) is 0 Å². The minimum Gasteiger partial charge on any atom is -0.357 e. The zero-order chi connectivity index (χ0) is 17.8. The monoisotopic (exact) mass is 354 g/mol. The molecule has 4 heteroatoms. The molecule has 2 nitrogen and oxygen atoms in total. The highest BCUT2D eigenvalue weighted by molar-refractivity contribution is 7.77. The van der Waals surface area contributed by atoms with E-state index in [2.05, 4.69) is 47.4 Å². The number of nitrogens with one attached hydrogen (secondary N) is 2. The summed E-state index contributed by atoms with van der Waals surface area (Å²) >= 11 is 9.92. The Labute approximate surface area is 152 Å². The summed E-state index contributed by atoms with van der Waals surface area (Å²) in [5.41, 5.74) is 4.04. The van der Waals surface area contributed by atoms with Crippen molar-refractivity contribution in [2.75, 3.05) is 6.54 Å². The number of hydrogen-bond acceptors (Lipinski definition) is 2. The van der Waals surface area contributed by atoms with Crippen molar-refractivity contribution in [3.05, 3.63) is 34.5 Å². The Bertz CT molecular complexity index is 566. The minimum atomic E-state index is 0.481. The lowest BCUT2D eigenvalue weighted by Gasteiger charge is -2.23. The molecule has 0 fully saturated rings. The summed E-state index contributed by atoms with van der Waals surface area (Å²) < 4.78 is 0. The molecule has 0 spiro atoms. The third-order valence-electron chi connectivity index (χ3n) is 3.59. The van der Waals surface area contributed by atoms with Crippen LogP contribution in [0.3, 0.4) is 0 Å². The van der Waals surface area contributed by atoms with Gasteiger partial charge in [0.1, 0.15) is 0 Å². The average Bonchev–Trinajstić information content (AvgIpc) is 3.00. The first-order valence-corrected chi connectivity index (χ1v) is 9.57. The second kappa shape index (κ2) is 12.5. The molecule has 2 aromatic rings. The van der Waals surface area contributed by atoms with Crippen molar-refractivity contribution in [1.29, 1.82) is 0 Å². The molecular weight excluding hydrogens is 324 g/mol. The first-order chi connectivity index (χ1) is 11.3. The molecule has 2 heterocycles. The van der Waals surface area contributed by atoms with Gasteiger partial charge in [0.2, 0.25) is 0 Å². The predicted octanol–water partition coefficient (Wildman–Crippen LogP) is 6.48. The Morgan fingerprint density at radius 1 is 1.22 bits per heavy atom. The predicted molar refractivity (Wildman–Crippen MR) is 110 cm³/mol. The lowest BCUT2D eigenvalue weighted by atomic mass is 9.97. The van der Waals surface area contributed by atoms with Gasteiger partial charge in [0, 0.05) is 27.7 Å². The molecule has 1 atom stereocenters. The van der Waals surface area contributed by atoms with E-state index in [9.17, 15) is 0 Å². The van der Waals surface area contributed by atoms with Crippen LogP contribution in [0.5, 0.6) is 0 Å². The second-order valence-corrected chi connectivity index (χ2v) is 5.19. The first-order valence-electron chi connectivity index (χ1n) is 8.62. The number of hydrogen-bond donors (Lipinski definition) is 2. The third kappa shape index (κ3) is 5.59. The summed E-state index contributed by atoms with van der Waals surface area (Å²) in [6.07, 6.45) is 3.48. The number of H-pyrrole nitrogens is 1. The van der Waals surface area contributed by atoms with Gasteiger partial charge in [-0.25, -0.2) is 0 Å². The van der Waals surface area contributed by atoms with Crippen LogP contribution in [0.15, 0.2) is 18.2 Å². The SMILES string of the molecule is C=S.CC.CC.CCCC1NCCc2c1[nH]c1ccc(Cl)cc21. The van der Waals surface area contributed by atoms with Crippen LogP contribution in [0.1, 0.15) is 64.8 Å². The van der Waals surface area contributed by atoms with Gasteiger partial charge in [-0.1, -0.05) is 64.9 Å². The Morgan fingerprint density at radius 3 is 2.48 bits per heavy atom. The van der Waals surface area contributed by atoms with E-state index >= 15 is 0 Å². The zero-order valence-electron chi connectivity index (χ0n) is 15.1. The van der Waals surface area contributed by atoms with E-state index in [1.165, 1.54) is 35.0 Å². The van der Waals surface area contributed by atoms with E-state index < -0.39 is 0 Å². The van der Waals surface area contributed by atoms with Crippen molar-refractivity contribution in [3.8, 4) is 0 Å². The fourth-order valence-corrected chi connectivity index (χ4v) is 2.99. The van der Waals surface area contributed by atoms with Gasteiger partial charge in [0.25, 0.3) is 0 Å². The molecule has 1 aromatic carbocycles. The fourth-order valence-electron chi connectivity index (χ4n) is 2.82. The lowest BCUT2D eigenvalue weighted by Crippen LogP contribution is -2.29. The lowest BCUT2D eigenvalue weighted by molar-refractivity contribution is 0.464. The fraction of sp³-hybridized carbons (Fsp3) is 0.526. The van der Waals surface area contributed by atoms with Gasteiger partial charge in [0.05, 0.1) is 0 Å². The highest BCUT2D eigenvalue weighted by atomic mass is 35.5. The van der Waals surface area contributed by atoms with Gasteiger partial charge in [-0.3, -0.25) is 0 Å². The molecule has 0 saturated carbocycles. The molecule has 2 N–H and O–H groups in total. The second-order valence-electron chi connectivity index (χ2n) is 4.75. The molecule has 1 aromatic heterocycles. The smallest absolute Gasteiger partial charge is 0.0476 e. The maximum absolute atomic E-state index is 6.09. The number of aromatic amines is 1. The van der Waals surface area contributed by atoms with Crippen LogP contribution in [0.4, 0.5) is 0 Å². The van der Waals surface area contributed by atoms with Crippen LogP contribution >= 0.6 is 23.8 Å². The quantitative estimate of drug-likeness (QED) is 0.604. The summed E-state index contributed by atoms with van der Waals surface area (Å²) in [6, 6.07) is 6.60. The number of halogens is 1. The number of aromatic nitrogens is 1. The van der Waals surface area contributed by atoms with E-state index in [4.69, 9.17) is 11.6 Å². The highest BCUT2D eigenvalue weighted by Gasteiger charge is 2.22. The standard InChI is InChI=1S/C14H17ClN2.2C2H6.CH2S/c1-2-3-13-14-10(6-7-16-13)11-8-9(15)4-5-12(11)17-14;3*1-2/h4-5,8,13,16-17H,2-3,6-7H2,1H3;2*1-2H3;1H2. The normalized spacial score (nSPS) is 15.1. The number of rotatable bonds is 2. The van der Waals surface area contributed by atoms with Gasteiger partial charge in [0.15, 0.2) is 0 Å². The number of benzene rings is 1. The summed E-state index contributed by atoms with van der Waals surface area (Å²) in [5.74, 6) is 2.83. The van der Waals surface area contributed by atoms with Crippen molar-refractivity contribution < 1.29 is 0 Å². The van der Waals surface area contributed by atoms with Crippen molar-refractivity contribution in [1.82, 2.24) is 10.3 Å². The van der Waals surface area contributed by atoms with E-state index in [0.717, 1.165) is 18.0 Å². The molecule has 0 radical (unpaired) electrons. The number of fused-ring (bicyclic) bond motifs is 3. The summed E-state index contributed by atoms with van der Waals surface area (Å²) in [5, 5.41) is 5.71. The van der Waals surface area contributed by atoms with Crippen molar-refractivity contribution in [2.45, 2.75) is 59.9 Å². The Kier molecular flexibility index (Phi) is 12.0. The molecule has 0 amide bonds. The van der Waals surface area contributed by atoms with Crippen LogP contribution in [-0.4, -0.2) is 17.4 Å². The minimum absolute atomic E-state index is 0.481. The molecule has 23 heavy (non-hydrogen) atoms. The maximum Gasteiger partial charge on any atom is 0.0476 e. The van der Waals surface area contributed by atoms with Gasteiger partial charge in [-0.05, 0) is 49.0 Å². The van der Waals surface area contributed by atoms with Gasteiger partial charge in [-0.15, -0.1) is 0 Å². The third-order valence-corrected chi connectivity index (χ3v) is 3.83. The molecule has 0 bridgehead atoms. The molecule has 1 aliphatic rings.